The summed E-state index contributed by atoms with van der Waals surface area (Å²) < 4.78 is 10.5. The maximum Gasteiger partial charge on any atom is 0.160 e. The SMILES string of the molecule is O[C@H](CC1OCCO1)c1ccc(Cl)c(Cl)c1. The molecule has 1 aromatic rings. The Morgan fingerprint density at radius 1 is 1.25 bits per heavy atom. The minimum absolute atomic E-state index is 0.329. The van der Waals surface area contributed by atoms with Crippen LogP contribution < -0.4 is 0 Å². The zero-order valence-electron chi connectivity index (χ0n) is 8.53. The van der Waals surface area contributed by atoms with E-state index in [0.717, 1.165) is 0 Å². The first-order valence-corrected chi connectivity index (χ1v) is 5.78. The van der Waals surface area contributed by atoms with Crippen LogP contribution in [-0.2, 0) is 9.47 Å². The molecule has 1 N–H and O–H groups in total. The molecule has 1 aliphatic heterocycles. The van der Waals surface area contributed by atoms with E-state index in [1.54, 1.807) is 18.2 Å². The Kier molecular flexibility index (Phi) is 4.05. The fourth-order valence-corrected chi connectivity index (χ4v) is 1.89. The third-order valence-corrected chi connectivity index (χ3v) is 3.17. The van der Waals surface area contributed by atoms with Crippen molar-refractivity contribution < 1.29 is 14.6 Å². The summed E-state index contributed by atoms with van der Waals surface area (Å²) in [6, 6.07) is 5.07. The summed E-state index contributed by atoms with van der Waals surface area (Å²) in [7, 11) is 0. The molecule has 3 nitrogen and oxygen atoms in total. The van der Waals surface area contributed by atoms with Crippen LogP contribution in [0, 0.1) is 0 Å². The van der Waals surface area contributed by atoms with Crippen LogP contribution in [0.25, 0.3) is 0 Å². The van der Waals surface area contributed by atoms with Gasteiger partial charge in [0.15, 0.2) is 6.29 Å². The number of aliphatic hydroxyl groups is 1. The lowest BCUT2D eigenvalue weighted by Gasteiger charge is -2.15. The van der Waals surface area contributed by atoms with E-state index in [4.69, 9.17) is 32.7 Å². The number of benzene rings is 1. The van der Waals surface area contributed by atoms with Crippen molar-refractivity contribution in [1.29, 1.82) is 0 Å². The minimum atomic E-state index is -0.655. The maximum atomic E-state index is 9.93. The minimum Gasteiger partial charge on any atom is -0.388 e. The molecule has 0 aliphatic carbocycles. The van der Waals surface area contributed by atoms with Gasteiger partial charge in [-0.05, 0) is 17.7 Å². The molecule has 0 spiro atoms. The normalized spacial score (nSPS) is 18.9. The van der Waals surface area contributed by atoms with Gasteiger partial charge in [0, 0.05) is 6.42 Å². The Morgan fingerprint density at radius 2 is 1.94 bits per heavy atom. The number of ether oxygens (including phenoxy) is 2. The Balaban J connectivity index is 2.02. The molecule has 0 saturated carbocycles. The molecule has 0 aromatic heterocycles. The van der Waals surface area contributed by atoms with Gasteiger partial charge in [0.2, 0.25) is 0 Å². The molecule has 1 saturated heterocycles. The predicted octanol–water partition coefficient (Wildman–Crippen LogP) is 2.79. The van der Waals surface area contributed by atoms with Gasteiger partial charge in [-0.15, -0.1) is 0 Å². The van der Waals surface area contributed by atoms with Crippen molar-refractivity contribution in [2.75, 3.05) is 13.2 Å². The molecule has 2 rings (SSSR count). The Labute approximate surface area is 104 Å². The average molecular weight is 263 g/mol. The number of halogens is 2. The molecule has 0 bridgehead atoms. The van der Waals surface area contributed by atoms with Crippen molar-refractivity contribution in [3.8, 4) is 0 Å². The zero-order valence-corrected chi connectivity index (χ0v) is 10.0. The van der Waals surface area contributed by atoms with Crippen molar-refractivity contribution in [2.24, 2.45) is 0 Å². The molecule has 0 unspecified atom stereocenters. The van der Waals surface area contributed by atoms with Crippen molar-refractivity contribution >= 4 is 23.2 Å². The van der Waals surface area contributed by atoms with E-state index in [0.29, 0.717) is 35.2 Å². The topological polar surface area (TPSA) is 38.7 Å². The quantitative estimate of drug-likeness (QED) is 0.911. The predicted molar refractivity (Wildman–Crippen MR) is 61.7 cm³/mol. The molecule has 1 atom stereocenters. The Morgan fingerprint density at radius 3 is 2.56 bits per heavy atom. The monoisotopic (exact) mass is 262 g/mol. The van der Waals surface area contributed by atoms with Gasteiger partial charge in [0.05, 0.1) is 29.4 Å². The molecule has 1 aromatic carbocycles. The molecule has 1 aliphatic rings. The van der Waals surface area contributed by atoms with Crippen LogP contribution in [-0.4, -0.2) is 24.6 Å². The zero-order chi connectivity index (χ0) is 11.5. The lowest BCUT2D eigenvalue weighted by molar-refractivity contribution is -0.0707. The van der Waals surface area contributed by atoms with Crippen LogP contribution >= 0.6 is 23.2 Å². The summed E-state index contributed by atoms with van der Waals surface area (Å²) in [6.07, 6.45) is -0.583. The van der Waals surface area contributed by atoms with Gasteiger partial charge in [-0.1, -0.05) is 29.3 Å². The molecular weight excluding hydrogens is 251 g/mol. The fourth-order valence-electron chi connectivity index (χ4n) is 1.58. The Hall–Kier alpha value is -0.320. The van der Waals surface area contributed by atoms with E-state index < -0.39 is 6.10 Å². The summed E-state index contributed by atoms with van der Waals surface area (Å²) in [5.41, 5.74) is 0.716. The van der Waals surface area contributed by atoms with E-state index in [-0.39, 0.29) is 6.29 Å². The summed E-state index contributed by atoms with van der Waals surface area (Å²) in [5, 5.41) is 10.8. The highest BCUT2D eigenvalue weighted by Gasteiger charge is 2.21. The van der Waals surface area contributed by atoms with Gasteiger partial charge in [-0.2, -0.15) is 0 Å². The second-order valence-corrected chi connectivity index (χ2v) is 4.41. The molecule has 1 heterocycles. The van der Waals surface area contributed by atoms with Gasteiger partial charge >= 0.3 is 0 Å². The van der Waals surface area contributed by atoms with Crippen LogP contribution in [0.4, 0.5) is 0 Å². The first kappa shape index (κ1) is 12.1. The van der Waals surface area contributed by atoms with Gasteiger partial charge in [0.1, 0.15) is 0 Å². The van der Waals surface area contributed by atoms with Crippen LogP contribution in [0.3, 0.4) is 0 Å². The molecule has 88 valence electrons. The maximum absolute atomic E-state index is 9.93. The number of hydrogen-bond donors (Lipinski definition) is 1. The van der Waals surface area contributed by atoms with Crippen molar-refractivity contribution in [3.63, 3.8) is 0 Å². The fraction of sp³-hybridized carbons (Fsp3) is 0.455. The van der Waals surface area contributed by atoms with E-state index in [9.17, 15) is 5.11 Å². The van der Waals surface area contributed by atoms with Gasteiger partial charge in [-0.25, -0.2) is 0 Å². The first-order chi connectivity index (χ1) is 7.66. The van der Waals surface area contributed by atoms with Crippen LogP contribution in [0.2, 0.25) is 10.0 Å². The van der Waals surface area contributed by atoms with E-state index in [2.05, 4.69) is 0 Å². The molecule has 16 heavy (non-hydrogen) atoms. The van der Waals surface area contributed by atoms with E-state index in [1.807, 2.05) is 0 Å². The van der Waals surface area contributed by atoms with E-state index >= 15 is 0 Å². The largest absolute Gasteiger partial charge is 0.388 e. The van der Waals surface area contributed by atoms with Crippen molar-refractivity contribution in [1.82, 2.24) is 0 Å². The van der Waals surface area contributed by atoms with Crippen LogP contribution in [0.5, 0.6) is 0 Å². The van der Waals surface area contributed by atoms with Crippen LogP contribution in [0.15, 0.2) is 18.2 Å². The summed E-state index contributed by atoms with van der Waals surface area (Å²) >= 11 is 11.7. The molecule has 0 radical (unpaired) electrons. The number of aliphatic hydroxyl groups excluding tert-OH is 1. The third kappa shape index (κ3) is 2.87. The molecule has 1 fully saturated rings. The lowest BCUT2D eigenvalue weighted by atomic mass is 10.1. The standard InChI is InChI=1S/C11H12Cl2O3/c12-8-2-1-7(5-9(8)13)10(14)6-11-15-3-4-16-11/h1-2,5,10-11,14H,3-4,6H2/t10-/m1/s1. The van der Waals surface area contributed by atoms with Crippen LogP contribution in [0.1, 0.15) is 18.1 Å². The summed E-state index contributed by atoms with van der Waals surface area (Å²) in [5.74, 6) is 0. The second kappa shape index (κ2) is 5.34. The highest BCUT2D eigenvalue weighted by Crippen LogP contribution is 2.28. The van der Waals surface area contributed by atoms with Crippen molar-refractivity contribution in [2.45, 2.75) is 18.8 Å². The highest BCUT2D eigenvalue weighted by molar-refractivity contribution is 6.42. The number of rotatable bonds is 3. The molecular formula is C11H12Cl2O3. The average Bonchev–Trinajstić information content (AvgIpc) is 2.74. The summed E-state index contributed by atoms with van der Waals surface area (Å²) in [6.45, 7) is 1.16. The van der Waals surface area contributed by atoms with Gasteiger partial charge in [-0.3, -0.25) is 0 Å². The molecule has 5 heteroatoms. The smallest absolute Gasteiger partial charge is 0.160 e. The Bertz CT molecular complexity index is 364. The van der Waals surface area contributed by atoms with E-state index in [1.165, 1.54) is 0 Å². The second-order valence-electron chi connectivity index (χ2n) is 3.60. The highest BCUT2D eigenvalue weighted by atomic mass is 35.5. The lowest BCUT2D eigenvalue weighted by Crippen LogP contribution is -2.13. The van der Waals surface area contributed by atoms with Gasteiger partial charge in [0.25, 0.3) is 0 Å². The van der Waals surface area contributed by atoms with Gasteiger partial charge < -0.3 is 14.6 Å². The van der Waals surface area contributed by atoms with Crippen molar-refractivity contribution in [3.05, 3.63) is 33.8 Å². The third-order valence-electron chi connectivity index (χ3n) is 2.43. The first-order valence-electron chi connectivity index (χ1n) is 5.03. The summed E-state index contributed by atoms with van der Waals surface area (Å²) in [4.78, 5) is 0. The molecule has 0 amide bonds. The number of hydrogen-bond acceptors (Lipinski definition) is 3.